The average molecular weight is 360 g/mol. The Morgan fingerprint density at radius 1 is 0.885 bits per heavy atom. The number of carbonyl (C=O) groups excluding carboxylic acids is 1. The molecule has 136 valence electrons. The molecule has 0 bridgehead atoms. The number of nitrogens with zero attached hydrogens (tertiary/aromatic N) is 2. The van der Waals surface area contributed by atoms with Gasteiger partial charge in [-0.05, 0) is 18.2 Å². The number of piperazine rings is 1. The number of rotatable bonds is 5. The average Bonchev–Trinajstić information content (AvgIpc) is 2.63. The Labute approximate surface area is 150 Å². The zero-order chi connectivity index (χ0) is 18.5. The number of hydrogen-bond acceptors (Lipinski definition) is 3. The molecule has 0 spiro atoms. The topological polar surface area (TPSA) is 23.6 Å². The SMILES string of the molecule is O=C(C=CN1CCN(Cc2ccccc2F)CC1)c1c(F)cccc1F. The molecule has 1 aliphatic heterocycles. The van der Waals surface area contributed by atoms with Crippen molar-refractivity contribution in [2.75, 3.05) is 26.2 Å². The van der Waals surface area contributed by atoms with Crippen LogP contribution < -0.4 is 0 Å². The van der Waals surface area contributed by atoms with Crippen molar-refractivity contribution < 1.29 is 18.0 Å². The molecule has 0 radical (unpaired) electrons. The molecule has 1 heterocycles. The fraction of sp³-hybridized carbons (Fsp3) is 0.250. The highest BCUT2D eigenvalue weighted by Crippen LogP contribution is 2.15. The van der Waals surface area contributed by atoms with Crippen LogP contribution in [-0.2, 0) is 6.54 Å². The van der Waals surface area contributed by atoms with Crippen molar-refractivity contribution in [3.63, 3.8) is 0 Å². The monoisotopic (exact) mass is 360 g/mol. The van der Waals surface area contributed by atoms with E-state index in [1.54, 1.807) is 18.3 Å². The molecule has 0 aromatic heterocycles. The van der Waals surface area contributed by atoms with Crippen molar-refractivity contribution in [1.29, 1.82) is 0 Å². The van der Waals surface area contributed by atoms with E-state index in [1.807, 2.05) is 11.0 Å². The lowest BCUT2D eigenvalue weighted by Crippen LogP contribution is -2.43. The van der Waals surface area contributed by atoms with Gasteiger partial charge >= 0.3 is 0 Å². The van der Waals surface area contributed by atoms with Crippen LogP contribution in [0.25, 0.3) is 0 Å². The summed E-state index contributed by atoms with van der Waals surface area (Å²) in [6.45, 7) is 3.25. The van der Waals surface area contributed by atoms with E-state index >= 15 is 0 Å². The molecule has 3 rings (SSSR count). The summed E-state index contributed by atoms with van der Waals surface area (Å²) in [4.78, 5) is 16.1. The van der Waals surface area contributed by atoms with E-state index in [1.165, 1.54) is 18.2 Å². The number of carbonyl (C=O) groups is 1. The van der Waals surface area contributed by atoms with E-state index in [0.29, 0.717) is 38.3 Å². The predicted molar refractivity (Wildman–Crippen MR) is 93.1 cm³/mol. The van der Waals surface area contributed by atoms with Crippen LogP contribution in [-0.4, -0.2) is 41.8 Å². The second-order valence-corrected chi connectivity index (χ2v) is 6.18. The van der Waals surface area contributed by atoms with Gasteiger partial charge in [0, 0.05) is 50.6 Å². The Morgan fingerprint density at radius 3 is 2.15 bits per heavy atom. The number of halogens is 3. The van der Waals surface area contributed by atoms with Crippen LogP contribution in [0, 0.1) is 17.5 Å². The molecule has 1 fully saturated rings. The number of benzene rings is 2. The largest absolute Gasteiger partial charge is 0.375 e. The third kappa shape index (κ3) is 4.32. The van der Waals surface area contributed by atoms with Gasteiger partial charge in [0.05, 0.1) is 5.56 Å². The van der Waals surface area contributed by atoms with E-state index in [9.17, 15) is 18.0 Å². The first kappa shape index (κ1) is 18.2. The normalized spacial score (nSPS) is 15.6. The Hall–Kier alpha value is -2.60. The van der Waals surface area contributed by atoms with Crippen LogP contribution in [0.2, 0.25) is 0 Å². The Balaban J connectivity index is 1.55. The number of hydrogen-bond donors (Lipinski definition) is 0. The van der Waals surface area contributed by atoms with Crippen LogP contribution in [0.1, 0.15) is 15.9 Å². The lowest BCUT2D eigenvalue weighted by molar-refractivity contribution is 0.103. The van der Waals surface area contributed by atoms with Crippen molar-refractivity contribution in [2.45, 2.75) is 6.54 Å². The summed E-state index contributed by atoms with van der Waals surface area (Å²) in [5.41, 5.74) is 0.114. The lowest BCUT2D eigenvalue weighted by atomic mass is 10.1. The molecular formula is C20H19F3N2O. The summed E-state index contributed by atoms with van der Waals surface area (Å²) in [7, 11) is 0. The van der Waals surface area contributed by atoms with E-state index in [4.69, 9.17) is 0 Å². The fourth-order valence-corrected chi connectivity index (χ4v) is 2.93. The Morgan fingerprint density at radius 2 is 1.50 bits per heavy atom. The van der Waals surface area contributed by atoms with Gasteiger partial charge < -0.3 is 4.90 Å². The van der Waals surface area contributed by atoms with Crippen molar-refractivity contribution in [3.05, 3.63) is 83.3 Å². The third-order valence-electron chi connectivity index (χ3n) is 4.40. The highest BCUT2D eigenvalue weighted by atomic mass is 19.1. The minimum absolute atomic E-state index is 0.215. The summed E-state index contributed by atoms with van der Waals surface area (Å²) >= 11 is 0. The molecule has 0 atom stereocenters. The summed E-state index contributed by atoms with van der Waals surface area (Å²) in [5, 5.41) is 0. The maximum Gasteiger partial charge on any atom is 0.193 e. The van der Waals surface area contributed by atoms with E-state index in [0.717, 1.165) is 12.1 Å². The first-order chi connectivity index (χ1) is 12.5. The summed E-state index contributed by atoms with van der Waals surface area (Å²) in [5.74, 6) is -2.65. The molecule has 1 saturated heterocycles. The molecule has 0 amide bonds. The van der Waals surface area contributed by atoms with Crippen LogP contribution >= 0.6 is 0 Å². The first-order valence-electron chi connectivity index (χ1n) is 8.41. The van der Waals surface area contributed by atoms with Gasteiger partial charge in [-0.25, -0.2) is 13.2 Å². The van der Waals surface area contributed by atoms with E-state index < -0.39 is 23.0 Å². The Kier molecular flexibility index (Phi) is 5.73. The van der Waals surface area contributed by atoms with Gasteiger partial charge in [0.25, 0.3) is 0 Å². The second kappa shape index (κ2) is 8.19. The van der Waals surface area contributed by atoms with Crippen molar-refractivity contribution >= 4 is 5.78 Å². The van der Waals surface area contributed by atoms with Crippen molar-refractivity contribution in [2.24, 2.45) is 0 Å². The summed E-state index contributed by atoms with van der Waals surface area (Å²) in [6, 6.07) is 10.0. The van der Waals surface area contributed by atoms with E-state index in [-0.39, 0.29) is 5.82 Å². The maximum absolute atomic E-state index is 13.7. The molecule has 0 saturated carbocycles. The molecule has 26 heavy (non-hydrogen) atoms. The van der Waals surface area contributed by atoms with Gasteiger partial charge in [0.15, 0.2) is 5.78 Å². The van der Waals surface area contributed by atoms with E-state index in [2.05, 4.69) is 4.90 Å². The molecule has 1 aliphatic rings. The minimum atomic E-state index is -0.866. The third-order valence-corrected chi connectivity index (χ3v) is 4.40. The van der Waals surface area contributed by atoms with Crippen LogP contribution in [0.15, 0.2) is 54.7 Å². The van der Waals surface area contributed by atoms with Crippen molar-refractivity contribution in [3.8, 4) is 0 Å². The summed E-state index contributed by atoms with van der Waals surface area (Å²) < 4.78 is 40.9. The standard InChI is InChI=1S/C20H19F3N2O/c21-16-5-2-1-4-15(16)14-25-12-10-24(11-13-25)9-8-19(26)20-17(22)6-3-7-18(20)23/h1-9H,10-14H2. The fourth-order valence-electron chi connectivity index (χ4n) is 2.93. The maximum atomic E-state index is 13.7. The number of ketones is 1. The van der Waals surface area contributed by atoms with Gasteiger partial charge in [-0.2, -0.15) is 0 Å². The second-order valence-electron chi connectivity index (χ2n) is 6.18. The van der Waals surface area contributed by atoms with Gasteiger partial charge in [-0.3, -0.25) is 9.69 Å². The lowest BCUT2D eigenvalue weighted by Gasteiger charge is -2.34. The number of allylic oxidation sites excluding steroid dienone is 1. The summed E-state index contributed by atoms with van der Waals surface area (Å²) in [6.07, 6.45) is 2.75. The molecule has 2 aromatic rings. The quantitative estimate of drug-likeness (QED) is 0.601. The zero-order valence-corrected chi connectivity index (χ0v) is 14.2. The predicted octanol–water partition coefficient (Wildman–Crippen LogP) is 3.62. The Bertz CT molecular complexity index is 794. The van der Waals surface area contributed by atoms with Crippen molar-refractivity contribution in [1.82, 2.24) is 9.80 Å². The smallest absolute Gasteiger partial charge is 0.193 e. The molecule has 6 heteroatoms. The molecule has 0 N–H and O–H groups in total. The highest BCUT2D eigenvalue weighted by molar-refractivity contribution is 6.04. The molecule has 0 aliphatic carbocycles. The highest BCUT2D eigenvalue weighted by Gasteiger charge is 2.18. The van der Waals surface area contributed by atoms with Gasteiger partial charge in [-0.1, -0.05) is 24.3 Å². The molecular weight excluding hydrogens is 341 g/mol. The first-order valence-corrected chi connectivity index (χ1v) is 8.41. The minimum Gasteiger partial charge on any atom is -0.375 e. The molecule has 3 nitrogen and oxygen atoms in total. The van der Waals surface area contributed by atoms with Gasteiger partial charge in [-0.15, -0.1) is 0 Å². The molecule has 0 unspecified atom stereocenters. The van der Waals surface area contributed by atoms with Crippen LogP contribution in [0.3, 0.4) is 0 Å². The zero-order valence-electron chi connectivity index (χ0n) is 14.2. The van der Waals surface area contributed by atoms with Crippen LogP contribution in [0.4, 0.5) is 13.2 Å². The molecule has 2 aromatic carbocycles. The van der Waals surface area contributed by atoms with Gasteiger partial charge in [0.2, 0.25) is 0 Å². The van der Waals surface area contributed by atoms with Crippen LogP contribution in [0.5, 0.6) is 0 Å². The van der Waals surface area contributed by atoms with Gasteiger partial charge in [0.1, 0.15) is 17.5 Å².